The molecule has 2 aromatic carbocycles. The van der Waals surface area contributed by atoms with Crippen LogP contribution in [0.2, 0.25) is 0 Å². The Morgan fingerprint density at radius 3 is 2.68 bits per heavy atom. The number of aromatic carboxylic acids is 1. The highest BCUT2D eigenvalue weighted by molar-refractivity contribution is 8.00. The third-order valence-electron chi connectivity index (χ3n) is 3.68. The first-order valence-electron chi connectivity index (χ1n) is 7.13. The second kappa shape index (κ2) is 6.32. The van der Waals surface area contributed by atoms with Crippen molar-refractivity contribution in [2.75, 3.05) is 18.0 Å². The van der Waals surface area contributed by atoms with Crippen LogP contribution in [0.15, 0.2) is 47.4 Å². The van der Waals surface area contributed by atoms with Crippen LogP contribution in [0.4, 0.5) is 5.69 Å². The number of methoxy groups -OCH3 is 1. The van der Waals surface area contributed by atoms with E-state index < -0.39 is 5.97 Å². The van der Waals surface area contributed by atoms with Crippen molar-refractivity contribution in [2.24, 2.45) is 0 Å². The van der Waals surface area contributed by atoms with Gasteiger partial charge in [-0.05, 0) is 72.8 Å². The molecule has 2 aromatic rings. The molecule has 0 saturated heterocycles. The van der Waals surface area contributed by atoms with Gasteiger partial charge in [0.1, 0.15) is 5.75 Å². The van der Waals surface area contributed by atoms with Crippen LogP contribution in [0.3, 0.4) is 0 Å². The maximum atomic E-state index is 10.9. The second-order valence-electron chi connectivity index (χ2n) is 5.12. The molecule has 5 heteroatoms. The molecule has 1 aliphatic heterocycles. The maximum absolute atomic E-state index is 10.9. The molecule has 0 aliphatic carbocycles. The predicted molar refractivity (Wildman–Crippen MR) is 87.9 cm³/mol. The summed E-state index contributed by atoms with van der Waals surface area (Å²) in [5, 5.41) is 8.95. The maximum Gasteiger partial charge on any atom is 0.335 e. The molecule has 4 nitrogen and oxygen atoms in total. The minimum absolute atomic E-state index is 0.313. The highest BCUT2D eigenvalue weighted by atomic mass is 32.2. The number of carboxylic acids is 1. The lowest BCUT2D eigenvalue weighted by Crippen LogP contribution is -2.22. The second-order valence-corrected chi connectivity index (χ2v) is 6.22. The fraction of sp³-hybridized carbons (Fsp3) is 0.235. The lowest BCUT2D eigenvalue weighted by molar-refractivity contribution is 0.0697. The number of fused-ring (bicyclic) bond motifs is 1. The van der Waals surface area contributed by atoms with E-state index in [1.165, 1.54) is 11.3 Å². The molecule has 1 aliphatic rings. The van der Waals surface area contributed by atoms with Crippen molar-refractivity contribution in [3.05, 3.63) is 53.6 Å². The molecule has 0 radical (unpaired) electrons. The van der Waals surface area contributed by atoms with Gasteiger partial charge >= 0.3 is 5.97 Å². The van der Waals surface area contributed by atoms with Gasteiger partial charge in [0.2, 0.25) is 0 Å². The number of hydrogen-bond acceptors (Lipinski definition) is 4. The molecular formula is C17H17NO3S. The summed E-state index contributed by atoms with van der Waals surface area (Å²) in [5.74, 6) is -0.0108. The first kappa shape index (κ1) is 14.8. The van der Waals surface area contributed by atoms with Crippen molar-refractivity contribution in [2.45, 2.75) is 17.7 Å². The monoisotopic (exact) mass is 315 g/mol. The van der Waals surface area contributed by atoms with Gasteiger partial charge in [-0.2, -0.15) is 0 Å². The molecule has 0 bridgehead atoms. The van der Waals surface area contributed by atoms with E-state index in [1.807, 2.05) is 18.2 Å². The van der Waals surface area contributed by atoms with Crippen LogP contribution in [-0.2, 0) is 6.42 Å². The van der Waals surface area contributed by atoms with Crippen LogP contribution in [0.1, 0.15) is 22.3 Å². The van der Waals surface area contributed by atoms with Crippen molar-refractivity contribution in [3.8, 4) is 5.75 Å². The number of hydrogen-bond donors (Lipinski definition) is 1. The minimum atomic E-state index is -0.896. The number of anilines is 1. The zero-order valence-electron chi connectivity index (χ0n) is 12.3. The Kier molecular flexibility index (Phi) is 4.24. The van der Waals surface area contributed by atoms with Gasteiger partial charge in [0.05, 0.1) is 18.4 Å². The SMILES string of the molecule is COc1ccc2c(c1)CCCN2Sc1ccc(C(=O)O)cc1. The standard InChI is InChI=1S/C17H17NO3S/c1-21-14-6-9-16-13(11-14)3-2-10-18(16)22-15-7-4-12(5-8-15)17(19)20/h4-9,11H,2-3,10H2,1H3,(H,19,20). The third-order valence-corrected chi connectivity index (χ3v) is 4.76. The van der Waals surface area contributed by atoms with E-state index in [2.05, 4.69) is 16.4 Å². The zero-order chi connectivity index (χ0) is 15.5. The topological polar surface area (TPSA) is 49.8 Å². The molecule has 0 amide bonds. The summed E-state index contributed by atoms with van der Waals surface area (Å²) >= 11 is 1.64. The van der Waals surface area contributed by atoms with Gasteiger partial charge < -0.3 is 14.1 Å². The predicted octanol–water partition coefficient (Wildman–Crippen LogP) is 3.85. The van der Waals surface area contributed by atoms with Crippen LogP contribution in [0, 0.1) is 0 Å². The Balaban J connectivity index is 1.81. The molecule has 0 atom stereocenters. The van der Waals surface area contributed by atoms with Gasteiger partial charge in [0, 0.05) is 11.4 Å². The molecule has 114 valence electrons. The highest BCUT2D eigenvalue weighted by Crippen LogP contribution is 2.37. The summed E-state index contributed by atoms with van der Waals surface area (Å²) in [6, 6.07) is 13.2. The van der Waals surface area contributed by atoms with Crippen molar-refractivity contribution >= 4 is 23.6 Å². The molecular weight excluding hydrogens is 298 g/mol. The van der Waals surface area contributed by atoms with Crippen LogP contribution in [0.5, 0.6) is 5.75 Å². The highest BCUT2D eigenvalue weighted by Gasteiger charge is 2.18. The number of carboxylic acid groups (broad SMARTS) is 1. The molecule has 0 aromatic heterocycles. The van der Waals surface area contributed by atoms with Crippen LogP contribution >= 0.6 is 11.9 Å². The quantitative estimate of drug-likeness (QED) is 0.868. The number of aryl methyl sites for hydroxylation is 1. The third kappa shape index (κ3) is 3.04. The van der Waals surface area contributed by atoms with E-state index >= 15 is 0 Å². The first-order valence-corrected chi connectivity index (χ1v) is 7.90. The summed E-state index contributed by atoms with van der Waals surface area (Å²) in [7, 11) is 1.68. The Labute approximate surface area is 133 Å². The zero-order valence-corrected chi connectivity index (χ0v) is 13.1. The van der Waals surface area contributed by atoms with Crippen molar-refractivity contribution < 1.29 is 14.6 Å². The largest absolute Gasteiger partial charge is 0.497 e. The minimum Gasteiger partial charge on any atom is -0.497 e. The van der Waals surface area contributed by atoms with Gasteiger partial charge in [-0.3, -0.25) is 0 Å². The summed E-state index contributed by atoms with van der Waals surface area (Å²) in [6.07, 6.45) is 2.15. The fourth-order valence-electron chi connectivity index (χ4n) is 2.55. The molecule has 22 heavy (non-hydrogen) atoms. The number of carbonyl (C=O) groups is 1. The molecule has 1 heterocycles. The summed E-state index contributed by atoms with van der Waals surface area (Å²) in [6.45, 7) is 0.977. The Bertz CT molecular complexity index is 685. The van der Waals surface area contributed by atoms with Gasteiger partial charge in [-0.25, -0.2) is 4.79 Å². The van der Waals surface area contributed by atoms with E-state index in [0.717, 1.165) is 30.0 Å². The van der Waals surface area contributed by atoms with Crippen LogP contribution in [-0.4, -0.2) is 24.7 Å². The van der Waals surface area contributed by atoms with Gasteiger partial charge in [0.25, 0.3) is 0 Å². The average Bonchev–Trinajstić information content (AvgIpc) is 2.55. The fourth-order valence-corrected chi connectivity index (χ4v) is 3.56. The Morgan fingerprint density at radius 2 is 2.00 bits per heavy atom. The van der Waals surface area contributed by atoms with Gasteiger partial charge in [-0.1, -0.05) is 0 Å². The van der Waals surface area contributed by atoms with E-state index in [-0.39, 0.29) is 0 Å². The van der Waals surface area contributed by atoms with Crippen molar-refractivity contribution in [1.29, 1.82) is 0 Å². The normalized spacial score (nSPS) is 13.6. The van der Waals surface area contributed by atoms with Crippen molar-refractivity contribution in [3.63, 3.8) is 0 Å². The van der Waals surface area contributed by atoms with E-state index in [1.54, 1.807) is 31.2 Å². The number of benzene rings is 2. The number of ether oxygens (including phenoxy) is 1. The molecule has 0 unspecified atom stereocenters. The molecule has 0 saturated carbocycles. The summed E-state index contributed by atoms with van der Waals surface area (Å²) in [4.78, 5) is 11.9. The van der Waals surface area contributed by atoms with Crippen LogP contribution in [0.25, 0.3) is 0 Å². The lowest BCUT2D eigenvalue weighted by Gasteiger charge is -2.30. The van der Waals surface area contributed by atoms with E-state index in [4.69, 9.17) is 9.84 Å². The molecule has 0 fully saturated rings. The van der Waals surface area contributed by atoms with E-state index in [0.29, 0.717) is 5.56 Å². The Hall–Kier alpha value is -2.14. The lowest BCUT2D eigenvalue weighted by atomic mass is 10.0. The number of nitrogens with zero attached hydrogens (tertiary/aromatic N) is 1. The molecule has 0 spiro atoms. The van der Waals surface area contributed by atoms with Gasteiger partial charge in [0.15, 0.2) is 0 Å². The summed E-state index contributed by atoms with van der Waals surface area (Å²) in [5.41, 5.74) is 2.81. The van der Waals surface area contributed by atoms with Crippen molar-refractivity contribution in [1.82, 2.24) is 0 Å². The summed E-state index contributed by atoms with van der Waals surface area (Å²) < 4.78 is 7.55. The smallest absolute Gasteiger partial charge is 0.335 e. The molecule has 1 N–H and O–H groups in total. The van der Waals surface area contributed by atoms with Gasteiger partial charge in [-0.15, -0.1) is 0 Å². The van der Waals surface area contributed by atoms with E-state index in [9.17, 15) is 4.79 Å². The average molecular weight is 315 g/mol. The Morgan fingerprint density at radius 1 is 1.23 bits per heavy atom. The number of rotatable bonds is 4. The first-order chi connectivity index (χ1) is 10.7. The van der Waals surface area contributed by atoms with Crippen LogP contribution < -0.4 is 9.04 Å². The molecule has 3 rings (SSSR count).